The summed E-state index contributed by atoms with van der Waals surface area (Å²) in [5.74, 6) is 0.194. The van der Waals surface area contributed by atoms with Crippen LogP contribution >= 0.6 is 22.9 Å². The van der Waals surface area contributed by atoms with Crippen molar-refractivity contribution in [1.29, 1.82) is 0 Å². The van der Waals surface area contributed by atoms with Crippen molar-refractivity contribution in [1.82, 2.24) is 14.8 Å². The highest BCUT2D eigenvalue weighted by atomic mass is 35.5. The molecular formula is C23H29ClN4O3S. The van der Waals surface area contributed by atoms with Crippen LogP contribution in [-0.2, 0) is 16.0 Å². The van der Waals surface area contributed by atoms with Crippen molar-refractivity contribution in [3.63, 3.8) is 0 Å². The molecule has 1 aromatic carbocycles. The quantitative estimate of drug-likeness (QED) is 0.622. The van der Waals surface area contributed by atoms with Crippen LogP contribution in [0.25, 0.3) is 0 Å². The number of benzene rings is 1. The van der Waals surface area contributed by atoms with Crippen molar-refractivity contribution in [3.8, 4) is 0 Å². The van der Waals surface area contributed by atoms with Gasteiger partial charge >= 0.3 is 0 Å². The first kappa shape index (κ1) is 24.2. The van der Waals surface area contributed by atoms with Crippen LogP contribution in [0.15, 0.2) is 29.6 Å². The van der Waals surface area contributed by atoms with Gasteiger partial charge in [0.05, 0.1) is 12.1 Å². The standard InChI is InChI=1S/C23H29ClN4O3S/c1-3-10-28(22(31)17-4-6-18(24)7-5-17)14-20(29)26-23-25-19(15-32-23)13-21(30)27-11-8-16(2)9-12-27/h4-7,15-16H,3,8-14H2,1-2H3,(H,25,26,29). The number of anilines is 1. The third kappa shape index (κ3) is 6.77. The van der Waals surface area contributed by atoms with Gasteiger partial charge in [-0.15, -0.1) is 11.3 Å². The van der Waals surface area contributed by atoms with Gasteiger partial charge in [0, 0.05) is 35.6 Å². The Morgan fingerprint density at radius 1 is 1.22 bits per heavy atom. The lowest BCUT2D eigenvalue weighted by molar-refractivity contribution is -0.131. The van der Waals surface area contributed by atoms with Crippen molar-refractivity contribution in [2.24, 2.45) is 5.92 Å². The molecule has 1 saturated heterocycles. The smallest absolute Gasteiger partial charge is 0.254 e. The van der Waals surface area contributed by atoms with Crippen LogP contribution in [0.2, 0.25) is 5.02 Å². The number of likely N-dealkylation sites (tertiary alicyclic amines) is 1. The average Bonchev–Trinajstić information content (AvgIpc) is 3.20. The number of rotatable bonds is 8. The molecule has 172 valence electrons. The number of nitrogens with one attached hydrogen (secondary N) is 1. The van der Waals surface area contributed by atoms with Gasteiger partial charge in [-0.2, -0.15) is 0 Å². The minimum atomic E-state index is -0.321. The van der Waals surface area contributed by atoms with Crippen LogP contribution in [0.4, 0.5) is 5.13 Å². The first-order valence-electron chi connectivity index (χ1n) is 10.9. The zero-order chi connectivity index (χ0) is 23.1. The molecule has 9 heteroatoms. The summed E-state index contributed by atoms with van der Waals surface area (Å²) in [6, 6.07) is 6.61. The normalized spacial score (nSPS) is 14.3. The van der Waals surface area contributed by atoms with Crippen LogP contribution in [0.3, 0.4) is 0 Å². The van der Waals surface area contributed by atoms with E-state index in [2.05, 4.69) is 17.2 Å². The molecule has 1 N–H and O–H groups in total. The molecule has 0 aliphatic carbocycles. The second-order valence-electron chi connectivity index (χ2n) is 8.17. The van der Waals surface area contributed by atoms with Crippen LogP contribution in [-0.4, -0.2) is 58.7 Å². The topological polar surface area (TPSA) is 82.6 Å². The van der Waals surface area contributed by atoms with Gasteiger partial charge in [0.25, 0.3) is 5.91 Å². The molecule has 1 fully saturated rings. The summed E-state index contributed by atoms with van der Waals surface area (Å²) in [4.78, 5) is 45.6. The van der Waals surface area contributed by atoms with E-state index in [9.17, 15) is 14.4 Å². The molecule has 0 radical (unpaired) electrons. The molecule has 2 heterocycles. The lowest BCUT2D eigenvalue weighted by Gasteiger charge is -2.30. The highest BCUT2D eigenvalue weighted by Crippen LogP contribution is 2.20. The Hall–Kier alpha value is -2.45. The molecule has 2 aromatic rings. The Labute approximate surface area is 197 Å². The third-order valence-electron chi connectivity index (χ3n) is 5.47. The number of amides is 3. The maximum absolute atomic E-state index is 12.8. The fourth-order valence-corrected chi connectivity index (χ4v) is 4.45. The number of hydrogen-bond acceptors (Lipinski definition) is 5. The Morgan fingerprint density at radius 3 is 2.56 bits per heavy atom. The average molecular weight is 477 g/mol. The molecule has 0 spiro atoms. The lowest BCUT2D eigenvalue weighted by atomic mass is 9.99. The number of thiazole rings is 1. The van der Waals surface area contributed by atoms with Crippen LogP contribution in [0, 0.1) is 5.92 Å². The summed E-state index contributed by atoms with van der Waals surface area (Å²) in [5, 5.41) is 5.53. The maximum Gasteiger partial charge on any atom is 0.254 e. The van der Waals surface area contributed by atoms with Crippen molar-refractivity contribution in [2.75, 3.05) is 31.5 Å². The number of carbonyl (C=O) groups excluding carboxylic acids is 3. The van der Waals surface area contributed by atoms with Gasteiger partial charge < -0.3 is 15.1 Å². The van der Waals surface area contributed by atoms with Crippen molar-refractivity contribution in [3.05, 3.63) is 45.9 Å². The number of carbonyl (C=O) groups is 3. The summed E-state index contributed by atoms with van der Waals surface area (Å²) in [6.07, 6.45) is 3.03. The molecule has 1 aromatic heterocycles. The number of halogens is 1. The minimum absolute atomic E-state index is 0.0720. The van der Waals surface area contributed by atoms with E-state index in [1.54, 1.807) is 29.6 Å². The van der Waals surface area contributed by atoms with Crippen LogP contribution < -0.4 is 5.32 Å². The largest absolute Gasteiger partial charge is 0.342 e. The van der Waals surface area contributed by atoms with Gasteiger partial charge in [0.1, 0.15) is 6.54 Å². The zero-order valence-corrected chi connectivity index (χ0v) is 20.0. The van der Waals surface area contributed by atoms with E-state index < -0.39 is 0 Å². The third-order valence-corrected chi connectivity index (χ3v) is 6.53. The van der Waals surface area contributed by atoms with Crippen LogP contribution in [0.5, 0.6) is 0 Å². The predicted octanol–water partition coefficient (Wildman–Crippen LogP) is 4.09. The van der Waals surface area contributed by atoms with Crippen molar-refractivity contribution >= 4 is 45.8 Å². The Bertz CT molecular complexity index is 939. The summed E-state index contributed by atoms with van der Waals surface area (Å²) < 4.78 is 0. The Kier molecular flexibility index (Phi) is 8.64. The molecule has 3 amide bonds. The summed E-state index contributed by atoms with van der Waals surface area (Å²) >= 11 is 7.18. The first-order valence-corrected chi connectivity index (χ1v) is 12.2. The van der Waals surface area contributed by atoms with Gasteiger partial charge in [0.2, 0.25) is 11.8 Å². The van der Waals surface area contributed by atoms with Gasteiger partial charge in [0.15, 0.2) is 5.13 Å². The van der Waals surface area contributed by atoms with E-state index in [0.717, 1.165) is 32.4 Å². The predicted molar refractivity (Wildman–Crippen MR) is 127 cm³/mol. The Balaban J connectivity index is 1.54. The molecule has 1 aliphatic heterocycles. The fourth-order valence-electron chi connectivity index (χ4n) is 3.60. The molecule has 0 saturated carbocycles. The molecule has 32 heavy (non-hydrogen) atoms. The van der Waals surface area contributed by atoms with Gasteiger partial charge in [-0.25, -0.2) is 4.98 Å². The lowest BCUT2D eigenvalue weighted by Crippen LogP contribution is -2.39. The van der Waals surface area contributed by atoms with Gasteiger partial charge in [-0.3, -0.25) is 14.4 Å². The second-order valence-corrected chi connectivity index (χ2v) is 9.46. The fraction of sp³-hybridized carbons (Fsp3) is 0.478. The van der Waals surface area contributed by atoms with Gasteiger partial charge in [-0.05, 0) is 49.4 Å². The molecule has 0 unspecified atom stereocenters. The number of nitrogens with zero attached hydrogens (tertiary/aromatic N) is 3. The highest BCUT2D eigenvalue weighted by Gasteiger charge is 2.22. The summed E-state index contributed by atoms with van der Waals surface area (Å²) in [7, 11) is 0. The van der Waals surface area contributed by atoms with E-state index >= 15 is 0 Å². The minimum Gasteiger partial charge on any atom is -0.342 e. The van der Waals surface area contributed by atoms with E-state index in [1.165, 1.54) is 16.2 Å². The summed E-state index contributed by atoms with van der Waals surface area (Å²) in [5.41, 5.74) is 1.13. The molecular weight excluding hydrogens is 448 g/mol. The first-order chi connectivity index (χ1) is 15.4. The molecule has 1 aliphatic rings. The number of hydrogen-bond donors (Lipinski definition) is 1. The zero-order valence-electron chi connectivity index (χ0n) is 18.5. The van der Waals surface area contributed by atoms with E-state index in [0.29, 0.717) is 33.9 Å². The molecule has 7 nitrogen and oxygen atoms in total. The van der Waals surface area contributed by atoms with Crippen molar-refractivity contribution in [2.45, 2.75) is 39.5 Å². The number of aromatic nitrogens is 1. The molecule has 3 rings (SSSR count). The van der Waals surface area contributed by atoms with Crippen LogP contribution in [0.1, 0.15) is 49.2 Å². The maximum atomic E-state index is 12.8. The molecule has 0 atom stereocenters. The highest BCUT2D eigenvalue weighted by molar-refractivity contribution is 7.13. The van der Waals surface area contributed by atoms with E-state index in [-0.39, 0.29) is 30.7 Å². The Morgan fingerprint density at radius 2 is 1.91 bits per heavy atom. The number of piperidine rings is 1. The SMILES string of the molecule is CCCN(CC(=O)Nc1nc(CC(=O)N2CCC(C)CC2)cs1)C(=O)c1ccc(Cl)cc1. The van der Waals surface area contributed by atoms with E-state index in [4.69, 9.17) is 11.6 Å². The monoisotopic (exact) mass is 476 g/mol. The van der Waals surface area contributed by atoms with E-state index in [1.807, 2.05) is 11.8 Å². The van der Waals surface area contributed by atoms with Gasteiger partial charge in [-0.1, -0.05) is 25.4 Å². The molecule has 0 bridgehead atoms. The van der Waals surface area contributed by atoms with Crippen molar-refractivity contribution < 1.29 is 14.4 Å². The summed E-state index contributed by atoms with van der Waals surface area (Å²) in [6.45, 7) is 6.14. The second kappa shape index (κ2) is 11.4.